The van der Waals surface area contributed by atoms with Crippen molar-refractivity contribution in [3.8, 4) is 5.75 Å². The first-order chi connectivity index (χ1) is 11.9. The van der Waals surface area contributed by atoms with Crippen LogP contribution in [0.5, 0.6) is 5.75 Å². The van der Waals surface area contributed by atoms with Crippen LogP contribution >= 0.6 is 8.58 Å². The molecule has 0 saturated carbocycles. The lowest BCUT2D eigenvalue weighted by Crippen LogP contribution is -2.25. The Labute approximate surface area is 155 Å². The number of phenols is 1. The topological polar surface area (TPSA) is 23.5 Å². The molecule has 0 radical (unpaired) electrons. The van der Waals surface area contributed by atoms with Gasteiger partial charge in [0.1, 0.15) is 5.75 Å². The van der Waals surface area contributed by atoms with Gasteiger partial charge in [0.15, 0.2) is 0 Å². The summed E-state index contributed by atoms with van der Waals surface area (Å²) in [6.45, 7) is 7.57. The van der Waals surface area contributed by atoms with Gasteiger partial charge in [0.25, 0.3) is 0 Å². The summed E-state index contributed by atoms with van der Waals surface area (Å²) in [5.41, 5.74) is 3.73. The largest absolute Gasteiger partial charge is 0.508 e. The molecule has 0 heterocycles. The summed E-state index contributed by atoms with van der Waals surface area (Å²) < 4.78 is 0. The van der Waals surface area contributed by atoms with Crippen molar-refractivity contribution in [1.29, 1.82) is 0 Å². The van der Waals surface area contributed by atoms with Gasteiger partial charge >= 0.3 is 0 Å². The highest BCUT2D eigenvalue weighted by molar-refractivity contribution is 7.48. The first kappa shape index (κ1) is 19.9. The minimum atomic E-state index is 0.00721. The number of phenolic OH excluding ortho intramolecular Hbond substituents is 1. The molecule has 2 rings (SSSR count). The summed E-state index contributed by atoms with van der Waals surface area (Å²) in [6.07, 6.45) is 3.24. The first-order valence-corrected chi connectivity index (χ1v) is 10.2. The summed E-state index contributed by atoms with van der Waals surface area (Å²) in [6, 6.07) is 14.8. The second kappa shape index (κ2) is 8.83. The van der Waals surface area contributed by atoms with Crippen molar-refractivity contribution in [3.63, 3.8) is 0 Å². The molecule has 0 saturated heterocycles. The maximum atomic E-state index is 10.6. The summed E-state index contributed by atoms with van der Waals surface area (Å²) >= 11 is 0. The van der Waals surface area contributed by atoms with Crippen LogP contribution in [0.25, 0.3) is 0 Å². The van der Waals surface area contributed by atoms with E-state index >= 15 is 0 Å². The van der Waals surface area contributed by atoms with Crippen LogP contribution < -0.4 is 5.30 Å². The highest BCUT2D eigenvalue weighted by Gasteiger charge is 2.33. The van der Waals surface area contributed by atoms with Gasteiger partial charge in [-0.15, -0.1) is 0 Å². The predicted molar refractivity (Wildman–Crippen MR) is 112 cm³/mol. The fraction of sp³-hybridized carbons (Fsp3) is 0.455. The van der Waals surface area contributed by atoms with Gasteiger partial charge < -0.3 is 10.0 Å². The molecule has 0 aliphatic heterocycles. The summed E-state index contributed by atoms with van der Waals surface area (Å²) in [4.78, 5) is 2.22. The average molecular weight is 357 g/mol. The van der Waals surface area contributed by atoms with Gasteiger partial charge in [0, 0.05) is 17.3 Å². The number of aromatic hydroxyl groups is 1. The van der Waals surface area contributed by atoms with Gasteiger partial charge in [-0.25, -0.2) is 0 Å². The molecule has 0 aliphatic carbocycles. The first-order valence-electron chi connectivity index (χ1n) is 9.22. The maximum Gasteiger partial charge on any atom is 0.119 e. The van der Waals surface area contributed by atoms with E-state index in [0.29, 0.717) is 14.3 Å². The highest BCUT2D eigenvalue weighted by Crippen LogP contribution is 2.51. The zero-order valence-electron chi connectivity index (χ0n) is 16.3. The Balaban J connectivity index is 2.50. The van der Waals surface area contributed by atoms with E-state index in [0.717, 1.165) is 31.4 Å². The van der Waals surface area contributed by atoms with E-state index in [-0.39, 0.29) is 5.16 Å². The van der Waals surface area contributed by atoms with Crippen LogP contribution in [-0.2, 0) is 11.7 Å². The molecule has 0 amide bonds. The Morgan fingerprint density at radius 1 is 1.08 bits per heavy atom. The second-order valence-corrected chi connectivity index (χ2v) is 8.97. The molecule has 0 aliphatic rings. The van der Waals surface area contributed by atoms with Crippen LogP contribution in [0.2, 0.25) is 0 Å². The van der Waals surface area contributed by atoms with Gasteiger partial charge in [-0.3, -0.25) is 0 Å². The zero-order chi connectivity index (χ0) is 18.4. The number of rotatable bonds is 8. The van der Waals surface area contributed by atoms with E-state index in [2.05, 4.69) is 70.1 Å². The molecule has 0 bridgehead atoms. The predicted octanol–water partition coefficient (Wildman–Crippen LogP) is 5.17. The molecule has 136 valence electrons. The Hall–Kier alpha value is -1.37. The lowest BCUT2D eigenvalue weighted by atomic mass is 9.89. The van der Waals surface area contributed by atoms with Crippen LogP contribution in [0.4, 0.5) is 0 Å². The van der Waals surface area contributed by atoms with E-state index in [1.165, 1.54) is 16.4 Å². The molecular weight excluding hydrogens is 325 g/mol. The molecule has 2 nitrogen and oxygen atoms in total. The highest BCUT2D eigenvalue weighted by atomic mass is 31.1. The van der Waals surface area contributed by atoms with Crippen molar-refractivity contribution in [2.45, 2.75) is 51.7 Å². The van der Waals surface area contributed by atoms with Crippen molar-refractivity contribution < 1.29 is 5.11 Å². The summed E-state index contributed by atoms with van der Waals surface area (Å²) in [5.74, 6) is 0.443. The standard InChI is InChI=1S/C22H32NOP/c1-6-14-22(7-2,19-15-17(3)12-13-20(19)24)25-21-11-9-8-10-18(21)16-23(4)5/h8-13,15,24-25H,6-7,14,16H2,1-5H3. The van der Waals surface area contributed by atoms with Crippen LogP contribution in [0.1, 0.15) is 49.8 Å². The minimum Gasteiger partial charge on any atom is -0.508 e. The van der Waals surface area contributed by atoms with Crippen LogP contribution in [0, 0.1) is 6.92 Å². The van der Waals surface area contributed by atoms with Gasteiger partial charge in [-0.05, 0) is 50.8 Å². The Morgan fingerprint density at radius 3 is 2.44 bits per heavy atom. The molecule has 25 heavy (non-hydrogen) atoms. The van der Waals surface area contributed by atoms with Crippen molar-refractivity contribution >= 4 is 13.9 Å². The molecular formula is C22H32NOP. The van der Waals surface area contributed by atoms with Gasteiger partial charge in [-0.2, -0.15) is 0 Å². The Bertz CT molecular complexity index is 698. The van der Waals surface area contributed by atoms with E-state index < -0.39 is 0 Å². The molecule has 2 aromatic carbocycles. The van der Waals surface area contributed by atoms with Gasteiger partial charge in [-0.1, -0.05) is 70.8 Å². The molecule has 2 atom stereocenters. The number of benzene rings is 2. The van der Waals surface area contributed by atoms with Crippen molar-refractivity contribution in [1.82, 2.24) is 4.90 Å². The van der Waals surface area contributed by atoms with Gasteiger partial charge in [0.05, 0.1) is 0 Å². The third-order valence-electron chi connectivity index (χ3n) is 4.83. The lowest BCUT2D eigenvalue weighted by Gasteiger charge is -2.35. The van der Waals surface area contributed by atoms with Crippen molar-refractivity contribution in [3.05, 3.63) is 59.2 Å². The third kappa shape index (κ3) is 4.84. The summed E-state index contributed by atoms with van der Waals surface area (Å²) in [7, 11) is 4.89. The van der Waals surface area contributed by atoms with Crippen molar-refractivity contribution in [2.75, 3.05) is 14.1 Å². The van der Waals surface area contributed by atoms with Gasteiger partial charge in [0.2, 0.25) is 0 Å². The van der Waals surface area contributed by atoms with E-state index in [9.17, 15) is 5.11 Å². The zero-order valence-corrected chi connectivity index (χ0v) is 17.3. The number of aryl methyl sites for hydroxylation is 1. The lowest BCUT2D eigenvalue weighted by molar-refractivity contribution is 0.403. The fourth-order valence-corrected chi connectivity index (χ4v) is 5.46. The SMILES string of the molecule is CCCC(CC)(Pc1ccccc1CN(C)C)c1cc(C)ccc1O. The second-order valence-electron chi connectivity index (χ2n) is 7.23. The fourth-order valence-electron chi connectivity index (χ4n) is 3.56. The average Bonchev–Trinajstić information content (AvgIpc) is 2.58. The smallest absolute Gasteiger partial charge is 0.119 e. The number of hydrogen-bond donors (Lipinski definition) is 1. The van der Waals surface area contributed by atoms with Crippen LogP contribution in [0.3, 0.4) is 0 Å². The Kier molecular flexibility index (Phi) is 7.04. The Morgan fingerprint density at radius 2 is 1.80 bits per heavy atom. The van der Waals surface area contributed by atoms with Crippen LogP contribution in [-0.4, -0.2) is 24.1 Å². The third-order valence-corrected chi connectivity index (χ3v) is 6.93. The minimum absolute atomic E-state index is 0.00721. The number of nitrogens with zero attached hydrogens (tertiary/aromatic N) is 1. The monoisotopic (exact) mass is 357 g/mol. The van der Waals surface area contributed by atoms with Crippen molar-refractivity contribution in [2.24, 2.45) is 0 Å². The molecule has 0 fully saturated rings. The van der Waals surface area contributed by atoms with E-state index in [1.807, 2.05) is 12.1 Å². The number of hydrogen-bond acceptors (Lipinski definition) is 2. The molecule has 3 heteroatoms. The normalized spacial score (nSPS) is 14.3. The summed E-state index contributed by atoms with van der Waals surface area (Å²) in [5, 5.41) is 12.0. The molecule has 1 N–H and O–H groups in total. The molecule has 0 spiro atoms. The molecule has 2 unspecified atom stereocenters. The van der Waals surface area contributed by atoms with Crippen LogP contribution in [0.15, 0.2) is 42.5 Å². The van der Waals surface area contributed by atoms with E-state index in [4.69, 9.17) is 0 Å². The maximum absolute atomic E-state index is 10.6. The molecule has 0 aromatic heterocycles. The van der Waals surface area contributed by atoms with E-state index in [1.54, 1.807) is 0 Å². The quantitative estimate of drug-likeness (QED) is 0.659. The molecule has 2 aromatic rings.